The van der Waals surface area contributed by atoms with Crippen molar-refractivity contribution in [3.8, 4) is 11.1 Å². The van der Waals surface area contributed by atoms with Crippen LogP contribution in [0, 0.1) is 0 Å². The van der Waals surface area contributed by atoms with E-state index in [-0.39, 0.29) is 11.9 Å². The number of amides is 1. The second kappa shape index (κ2) is 9.70. The lowest BCUT2D eigenvalue weighted by Gasteiger charge is -2.01. The molecule has 6 N–H and O–H groups in total. The SMILES string of the molecule is NC(=O)c1ccc(-c2ccccc2)cc1.Nc1nc(Nc2ccccc2)nn1C(=O)O. The van der Waals surface area contributed by atoms with E-state index in [9.17, 15) is 9.59 Å². The van der Waals surface area contributed by atoms with Crippen LogP contribution in [0.15, 0.2) is 84.9 Å². The number of nitrogens with zero attached hydrogens (tertiary/aromatic N) is 3. The maximum Gasteiger partial charge on any atom is 0.435 e. The van der Waals surface area contributed by atoms with Gasteiger partial charge in [-0.25, -0.2) is 4.79 Å². The molecule has 3 aromatic carbocycles. The lowest BCUT2D eigenvalue weighted by Crippen LogP contribution is -2.13. The van der Waals surface area contributed by atoms with Crippen molar-refractivity contribution < 1.29 is 14.7 Å². The summed E-state index contributed by atoms with van der Waals surface area (Å²) >= 11 is 0. The van der Waals surface area contributed by atoms with Crippen LogP contribution in [0.5, 0.6) is 0 Å². The second-order valence-corrected chi connectivity index (χ2v) is 6.29. The van der Waals surface area contributed by atoms with Crippen molar-refractivity contribution in [3.05, 3.63) is 90.5 Å². The minimum atomic E-state index is -1.27. The summed E-state index contributed by atoms with van der Waals surface area (Å²) in [6.45, 7) is 0. The molecule has 0 atom stereocenters. The molecule has 9 heteroatoms. The number of hydrogen-bond acceptors (Lipinski definition) is 6. The zero-order valence-electron chi connectivity index (χ0n) is 16.3. The molecule has 0 aliphatic heterocycles. The number of carbonyl (C=O) groups excluding carboxylic acids is 1. The van der Waals surface area contributed by atoms with Gasteiger partial charge < -0.3 is 21.9 Å². The van der Waals surface area contributed by atoms with Gasteiger partial charge in [0.25, 0.3) is 0 Å². The molecule has 4 aromatic rings. The molecule has 1 amide bonds. The number of hydrogen-bond donors (Lipinski definition) is 4. The Bertz CT molecular complexity index is 1160. The smallest absolute Gasteiger partial charge is 0.435 e. The van der Waals surface area contributed by atoms with Gasteiger partial charge in [0, 0.05) is 11.3 Å². The molecule has 0 fully saturated rings. The van der Waals surface area contributed by atoms with Gasteiger partial charge in [-0.3, -0.25) is 4.79 Å². The summed E-state index contributed by atoms with van der Waals surface area (Å²) in [5.74, 6) is -0.424. The highest BCUT2D eigenvalue weighted by Crippen LogP contribution is 2.19. The van der Waals surface area contributed by atoms with Gasteiger partial charge in [-0.1, -0.05) is 60.7 Å². The molecule has 31 heavy (non-hydrogen) atoms. The Kier molecular flexibility index (Phi) is 6.59. The number of carbonyl (C=O) groups is 2. The van der Waals surface area contributed by atoms with E-state index in [1.54, 1.807) is 24.3 Å². The molecular weight excluding hydrogens is 396 g/mol. The van der Waals surface area contributed by atoms with Gasteiger partial charge in [-0.05, 0) is 35.4 Å². The fraction of sp³-hybridized carbons (Fsp3) is 0. The van der Waals surface area contributed by atoms with Crippen molar-refractivity contribution in [1.29, 1.82) is 0 Å². The van der Waals surface area contributed by atoms with Crippen molar-refractivity contribution in [3.63, 3.8) is 0 Å². The van der Waals surface area contributed by atoms with Crippen LogP contribution in [-0.4, -0.2) is 31.9 Å². The third kappa shape index (κ3) is 5.67. The number of rotatable bonds is 4. The van der Waals surface area contributed by atoms with Crippen LogP contribution in [0.3, 0.4) is 0 Å². The van der Waals surface area contributed by atoms with E-state index < -0.39 is 12.0 Å². The standard InChI is InChI=1S/C13H11NO.C9H9N5O2/c14-13(15)12-8-6-11(7-9-12)10-4-2-1-3-5-10;10-7-12-8(13-14(7)9(15)16)11-6-4-2-1-3-5-6/h1-9H,(H2,14,15);1-5H,(H,15,16)(H3,10,11,12,13). The topological polar surface area (TPSA) is 149 Å². The molecule has 0 bridgehead atoms. The highest BCUT2D eigenvalue weighted by molar-refractivity contribution is 5.93. The van der Waals surface area contributed by atoms with E-state index in [1.807, 2.05) is 60.7 Å². The number of benzene rings is 3. The molecule has 4 rings (SSSR count). The second-order valence-electron chi connectivity index (χ2n) is 6.29. The molecule has 0 unspecified atom stereocenters. The van der Waals surface area contributed by atoms with Crippen LogP contribution in [0.4, 0.5) is 22.4 Å². The molecular formula is C22H20N6O3. The Morgan fingerprint density at radius 2 is 1.39 bits per heavy atom. The van der Waals surface area contributed by atoms with Crippen LogP contribution in [-0.2, 0) is 0 Å². The summed E-state index contributed by atoms with van der Waals surface area (Å²) < 4.78 is 0.602. The normalized spacial score (nSPS) is 9.94. The summed E-state index contributed by atoms with van der Waals surface area (Å²) in [4.78, 5) is 25.3. The fourth-order valence-electron chi connectivity index (χ4n) is 2.63. The van der Waals surface area contributed by atoms with Gasteiger partial charge in [0.15, 0.2) is 0 Å². The van der Waals surface area contributed by atoms with Crippen molar-refractivity contribution in [1.82, 2.24) is 14.8 Å². The first-order chi connectivity index (χ1) is 14.9. The quantitative estimate of drug-likeness (QED) is 0.397. The van der Waals surface area contributed by atoms with E-state index in [4.69, 9.17) is 16.6 Å². The highest BCUT2D eigenvalue weighted by Gasteiger charge is 2.11. The molecule has 1 heterocycles. The van der Waals surface area contributed by atoms with Crippen LogP contribution in [0.1, 0.15) is 10.4 Å². The maximum atomic E-state index is 10.9. The number of para-hydroxylation sites is 1. The highest BCUT2D eigenvalue weighted by atomic mass is 16.4. The summed E-state index contributed by atoms with van der Waals surface area (Å²) in [5, 5.41) is 15.2. The third-order valence-electron chi connectivity index (χ3n) is 4.12. The Morgan fingerprint density at radius 1 is 0.839 bits per heavy atom. The Hall–Kier alpha value is -4.66. The maximum absolute atomic E-state index is 10.9. The molecule has 0 saturated heterocycles. The Morgan fingerprint density at radius 3 is 1.90 bits per heavy atom. The van der Waals surface area contributed by atoms with Crippen LogP contribution in [0.2, 0.25) is 0 Å². The average molecular weight is 416 g/mol. The van der Waals surface area contributed by atoms with Crippen molar-refractivity contribution in [2.45, 2.75) is 0 Å². The van der Waals surface area contributed by atoms with Gasteiger partial charge in [-0.2, -0.15) is 4.98 Å². The molecule has 0 spiro atoms. The van der Waals surface area contributed by atoms with Crippen molar-refractivity contribution in [2.24, 2.45) is 5.73 Å². The summed E-state index contributed by atoms with van der Waals surface area (Å²) in [7, 11) is 0. The van der Waals surface area contributed by atoms with Gasteiger partial charge >= 0.3 is 6.09 Å². The zero-order valence-corrected chi connectivity index (χ0v) is 16.3. The molecule has 0 aliphatic carbocycles. The molecule has 9 nitrogen and oxygen atoms in total. The van der Waals surface area contributed by atoms with E-state index in [1.165, 1.54) is 0 Å². The lowest BCUT2D eigenvalue weighted by atomic mass is 10.0. The first kappa shape index (κ1) is 21.1. The summed E-state index contributed by atoms with van der Waals surface area (Å²) in [6, 6.07) is 26.4. The van der Waals surface area contributed by atoms with Gasteiger partial charge in [0.1, 0.15) is 0 Å². The average Bonchev–Trinajstić information content (AvgIpc) is 3.16. The van der Waals surface area contributed by atoms with E-state index in [2.05, 4.69) is 15.4 Å². The Balaban J connectivity index is 0.000000176. The van der Waals surface area contributed by atoms with Gasteiger partial charge in [-0.15, -0.1) is 9.78 Å². The van der Waals surface area contributed by atoms with Crippen LogP contribution < -0.4 is 16.8 Å². The van der Waals surface area contributed by atoms with Gasteiger partial charge in [0.05, 0.1) is 0 Å². The Labute approximate surface area is 178 Å². The molecule has 0 aliphatic rings. The van der Waals surface area contributed by atoms with Crippen molar-refractivity contribution in [2.75, 3.05) is 11.1 Å². The lowest BCUT2D eigenvalue weighted by molar-refractivity contribution is 0.1000. The number of nitrogen functional groups attached to an aromatic ring is 1. The minimum Gasteiger partial charge on any atom is -0.463 e. The molecule has 0 radical (unpaired) electrons. The van der Waals surface area contributed by atoms with E-state index >= 15 is 0 Å². The van der Waals surface area contributed by atoms with Crippen LogP contribution >= 0.6 is 0 Å². The van der Waals surface area contributed by atoms with Crippen molar-refractivity contribution >= 4 is 29.6 Å². The molecule has 0 saturated carbocycles. The minimum absolute atomic E-state index is 0.145. The van der Waals surface area contributed by atoms with Crippen LogP contribution in [0.25, 0.3) is 11.1 Å². The third-order valence-corrected chi connectivity index (χ3v) is 4.12. The molecule has 1 aromatic heterocycles. The number of carboxylic acid groups (broad SMARTS) is 1. The monoisotopic (exact) mass is 416 g/mol. The number of anilines is 3. The number of aromatic nitrogens is 3. The molecule has 156 valence electrons. The summed E-state index contributed by atoms with van der Waals surface area (Å²) in [6.07, 6.45) is -1.27. The fourth-order valence-corrected chi connectivity index (χ4v) is 2.63. The zero-order chi connectivity index (χ0) is 22.2. The summed E-state index contributed by atoms with van der Waals surface area (Å²) in [5.41, 5.74) is 14.0. The predicted molar refractivity (Wildman–Crippen MR) is 118 cm³/mol. The first-order valence-corrected chi connectivity index (χ1v) is 9.17. The largest absolute Gasteiger partial charge is 0.463 e. The predicted octanol–water partition coefficient (Wildman–Crippen LogP) is 3.58. The number of nitrogens with two attached hydrogens (primary N) is 2. The number of nitrogens with one attached hydrogen (secondary N) is 1. The van der Waals surface area contributed by atoms with E-state index in [0.29, 0.717) is 10.2 Å². The first-order valence-electron chi connectivity index (χ1n) is 9.17. The van der Waals surface area contributed by atoms with E-state index in [0.717, 1.165) is 16.8 Å². The van der Waals surface area contributed by atoms with Gasteiger partial charge in [0.2, 0.25) is 17.8 Å². The number of primary amides is 1.